The van der Waals surface area contributed by atoms with Crippen LogP contribution in [0.15, 0.2) is 22.7 Å². The highest BCUT2D eigenvalue weighted by Gasteiger charge is 2.25. The highest BCUT2D eigenvalue weighted by atomic mass is 79.9. The summed E-state index contributed by atoms with van der Waals surface area (Å²) in [5.41, 5.74) is 0.778. The quantitative estimate of drug-likeness (QED) is 0.877. The number of carbonyl (C=O) groups excluding carboxylic acids is 2. The molecule has 1 heterocycles. The Balaban J connectivity index is 1.93. The lowest BCUT2D eigenvalue weighted by molar-refractivity contribution is -0.125. The normalized spacial score (nSPS) is 14.2. The lowest BCUT2D eigenvalue weighted by atomic mass is 10.3. The fraction of sp³-hybridized carbons (Fsp3) is 0.333. The Kier molecular flexibility index (Phi) is 4.26. The maximum Gasteiger partial charge on any atom is 0.324 e. The first-order valence-electron chi connectivity index (χ1n) is 5.77. The smallest absolute Gasteiger partial charge is 0.324 e. The summed E-state index contributed by atoms with van der Waals surface area (Å²) < 4.78 is 5.92. The molecular weight excluding hydrogens is 314 g/mol. The second kappa shape index (κ2) is 5.92. The van der Waals surface area contributed by atoms with Gasteiger partial charge in [0.25, 0.3) is 0 Å². The van der Waals surface area contributed by atoms with Crippen LogP contribution in [0.1, 0.15) is 0 Å². The number of imide groups is 1. The number of hydrogen-bond acceptors (Lipinski definition) is 4. The van der Waals surface area contributed by atoms with E-state index in [2.05, 4.69) is 26.6 Å². The average Bonchev–Trinajstić information content (AvgIpc) is 2.82. The van der Waals surface area contributed by atoms with Gasteiger partial charge in [-0.15, -0.1) is 0 Å². The van der Waals surface area contributed by atoms with Gasteiger partial charge < -0.3 is 15.4 Å². The highest BCUT2D eigenvalue weighted by Crippen LogP contribution is 2.27. The molecule has 0 aromatic heterocycles. The van der Waals surface area contributed by atoms with Gasteiger partial charge >= 0.3 is 6.03 Å². The number of urea groups is 1. The molecule has 0 bridgehead atoms. The summed E-state index contributed by atoms with van der Waals surface area (Å²) in [6.07, 6.45) is 0. The van der Waals surface area contributed by atoms with Crippen molar-refractivity contribution in [2.75, 3.05) is 32.1 Å². The van der Waals surface area contributed by atoms with Gasteiger partial charge in [0, 0.05) is 18.8 Å². The average molecular weight is 328 g/mol. The maximum absolute atomic E-state index is 11.8. The summed E-state index contributed by atoms with van der Waals surface area (Å²) in [4.78, 5) is 24.3. The van der Waals surface area contributed by atoms with Crippen molar-refractivity contribution in [3.8, 4) is 5.75 Å². The van der Waals surface area contributed by atoms with Crippen molar-refractivity contribution in [1.29, 1.82) is 0 Å². The number of rotatable bonds is 4. The fourth-order valence-corrected chi connectivity index (χ4v) is 2.30. The summed E-state index contributed by atoms with van der Waals surface area (Å²) in [6.45, 7) is 1.01. The second-order valence-corrected chi connectivity index (χ2v) is 4.83. The van der Waals surface area contributed by atoms with Crippen molar-refractivity contribution in [2.24, 2.45) is 0 Å². The zero-order chi connectivity index (χ0) is 13.8. The summed E-state index contributed by atoms with van der Waals surface area (Å²) in [6, 6.07) is 5.08. The molecule has 0 atom stereocenters. The largest absolute Gasteiger partial charge is 0.496 e. The van der Waals surface area contributed by atoms with Crippen LogP contribution in [0.25, 0.3) is 0 Å². The van der Waals surface area contributed by atoms with Crippen LogP contribution in [0.5, 0.6) is 5.75 Å². The molecule has 2 rings (SSSR count). The molecule has 19 heavy (non-hydrogen) atoms. The van der Waals surface area contributed by atoms with E-state index in [9.17, 15) is 9.59 Å². The molecule has 1 aromatic carbocycles. The minimum absolute atomic E-state index is 0.0756. The molecule has 3 amide bonds. The molecule has 1 aliphatic heterocycles. The van der Waals surface area contributed by atoms with E-state index in [4.69, 9.17) is 4.74 Å². The van der Waals surface area contributed by atoms with Crippen molar-refractivity contribution in [2.45, 2.75) is 0 Å². The molecule has 0 saturated carbocycles. The predicted octanol–water partition coefficient (Wildman–Crippen LogP) is 1.42. The van der Waals surface area contributed by atoms with E-state index in [0.717, 1.165) is 15.9 Å². The molecule has 2 N–H and O–H groups in total. The van der Waals surface area contributed by atoms with Crippen LogP contribution in [-0.4, -0.2) is 43.6 Å². The number of amides is 3. The first kappa shape index (κ1) is 13.7. The van der Waals surface area contributed by atoms with Gasteiger partial charge in [-0.2, -0.15) is 0 Å². The lowest BCUT2D eigenvalue weighted by Gasteiger charge is -2.13. The van der Waals surface area contributed by atoms with Crippen LogP contribution in [0.3, 0.4) is 0 Å². The molecular formula is C12H14BrN3O3. The van der Waals surface area contributed by atoms with Crippen LogP contribution in [0, 0.1) is 0 Å². The van der Waals surface area contributed by atoms with Gasteiger partial charge in [0.05, 0.1) is 18.1 Å². The van der Waals surface area contributed by atoms with Crippen molar-refractivity contribution in [3.05, 3.63) is 22.7 Å². The Morgan fingerprint density at radius 2 is 2.37 bits per heavy atom. The zero-order valence-corrected chi connectivity index (χ0v) is 12.0. The molecule has 102 valence electrons. The molecule has 0 aliphatic carbocycles. The van der Waals surface area contributed by atoms with Gasteiger partial charge in [-0.1, -0.05) is 0 Å². The van der Waals surface area contributed by atoms with Gasteiger partial charge in [0.1, 0.15) is 5.75 Å². The first-order chi connectivity index (χ1) is 9.11. The standard InChI is InChI=1S/C12H14BrN3O3/c1-19-10-3-2-8(6-9(10)13)15-7-11(17)16-5-4-14-12(16)18/h2-3,6,15H,4-5,7H2,1H3,(H,14,18). The van der Waals surface area contributed by atoms with Gasteiger partial charge in [-0.05, 0) is 34.1 Å². The van der Waals surface area contributed by atoms with Crippen molar-refractivity contribution in [3.63, 3.8) is 0 Å². The Morgan fingerprint density at radius 1 is 1.58 bits per heavy atom. The highest BCUT2D eigenvalue weighted by molar-refractivity contribution is 9.10. The van der Waals surface area contributed by atoms with E-state index < -0.39 is 0 Å². The Labute approximate surface area is 119 Å². The van der Waals surface area contributed by atoms with E-state index in [1.54, 1.807) is 19.2 Å². The van der Waals surface area contributed by atoms with Crippen molar-refractivity contribution in [1.82, 2.24) is 10.2 Å². The molecule has 0 spiro atoms. The van der Waals surface area contributed by atoms with Gasteiger partial charge in [0.15, 0.2) is 0 Å². The number of carbonyl (C=O) groups is 2. The van der Waals surface area contributed by atoms with Crippen LogP contribution < -0.4 is 15.4 Å². The fourth-order valence-electron chi connectivity index (χ4n) is 1.76. The summed E-state index contributed by atoms with van der Waals surface area (Å²) in [5, 5.41) is 5.56. The third kappa shape index (κ3) is 3.17. The Hall–Kier alpha value is -1.76. The SMILES string of the molecule is COc1ccc(NCC(=O)N2CCNC2=O)cc1Br. The monoisotopic (exact) mass is 327 g/mol. The van der Waals surface area contributed by atoms with Gasteiger partial charge in [-0.25, -0.2) is 4.79 Å². The molecule has 1 aromatic rings. The van der Waals surface area contributed by atoms with Crippen LogP contribution in [0.4, 0.5) is 10.5 Å². The number of halogens is 1. The van der Waals surface area contributed by atoms with E-state index in [0.29, 0.717) is 13.1 Å². The number of hydrogen-bond donors (Lipinski definition) is 2. The van der Waals surface area contributed by atoms with Crippen LogP contribution >= 0.6 is 15.9 Å². The molecule has 7 heteroatoms. The number of benzene rings is 1. The molecule has 0 unspecified atom stereocenters. The summed E-state index contributed by atoms with van der Waals surface area (Å²) >= 11 is 3.37. The zero-order valence-electron chi connectivity index (χ0n) is 10.4. The molecule has 1 aliphatic rings. The Bertz CT molecular complexity index is 507. The number of anilines is 1. The van der Waals surface area contributed by atoms with Crippen molar-refractivity contribution >= 4 is 33.6 Å². The molecule has 1 saturated heterocycles. The molecule has 6 nitrogen and oxygen atoms in total. The minimum atomic E-state index is -0.331. The Morgan fingerprint density at radius 3 is 2.95 bits per heavy atom. The number of methoxy groups -OCH3 is 1. The van der Waals surface area contributed by atoms with Gasteiger partial charge in [-0.3, -0.25) is 9.69 Å². The summed E-state index contributed by atoms with van der Waals surface area (Å²) in [5.74, 6) is 0.470. The predicted molar refractivity (Wildman–Crippen MR) is 74.3 cm³/mol. The lowest BCUT2D eigenvalue weighted by Crippen LogP contribution is -2.37. The number of nitrogens with zero attached hydrogens (tertiary/aromatic N) is 1. The minimum Gasteiger partial charge on any atom is -0.496 e. The number of nitrogens with one attached hydrogen (secondary N) is 2. The van der Waals surface area contributed by atoms with Crippen LogP contribution in [-0.2, 0) is 4.79 Å². The van der Waals surface area contributed by atoms with Crippen molar-refractivity contribution < 1.29 is 14.3 Å². The third-order valence-corrected chi connectivity index (χ3v) is 3.37. The molecule has 1 fully saturated rings. The van der Waals surface area contributed by atoms with E-state index in [1.165, 1.54) is 4.90 Å². The van der Waals surface area contributed by atoms with Crippen LogP contribution in [0.2, 0.25) is 0 Å². The third-order valence-electron chi connectivity index (χ3n) is 2.75. The number of ether oxygens (including phenoxy) is 1. The van der Waals surface area contributed by atoms with Gasteiger partial charge in [0.2, 0.25) is 5.91 Å². The van der Waals surface area contributed by atoms with E-state index >= 15 is 0 Å². The second-order valence-electron chi connectivity index (χ2n) is 3.98. The van der Waals surface area contributed by atoms with E-state index in [-0.39, 0.29) is 18.5 Å². The molecule has 0 radical (unpaired) electrons. The van der Waals surface area contributed by atoms with E-state index in [1.807, 2.05) is 6.07 Å². The topological polar surface area (TPSA) is 70.7 Å². The maximum atomic E-state index is 11.8. The first-order valence-corrected chi connectivity index (χ1v) is 6.56. The summed E-state index contributed by atoms with van der Waals surface area (Å²) in [7, 11) is 1.59.